The largest absolute Gasteiger partial charge is 0.350 e. The molecule has 0 saturated carbocycles. The molecule has 1 rings (SSSR count). The van der Waals surface area contributed by atoms with Crippen molar-refractivity contribution in [3.8, 4) is 0 Å². The van der Waals surface area contributed by atoms with E-state index in [4.69, 9.17) is 0 Å². The third-order valence-corrected chi connectivity index (χ3v) is 1.79. The lowest BCUT2D eigenvalue weighted by Gasteiger charge is -2.08. The number of rotatable bonds is 4. The molecule has 0 fully saturated rings. The molecule has 0 heterocycles. The van der Waals surface area contributed by atoms with Crippen molar-refractivity contribution in [1.29, 1.82) is 0 Å². The molecule has 0 aliphatic rings. The monoisotopic (exact) mass is 206 g/mol. The van der Waals surface area contributed by atoms with E-state index in [1.807, 2.05) is 13.8 Å². The summed E-state index contributed by atoms with van der Waals surface area (Å²) in [5.74, 6) is -0.109. The first-order chi connectivity index (χ1) is 7.13. The molecule has 0 spiro atoms. The third kappa shape index (κ3) is 3.42. The minimum Gasteiger partial charge on any atom is -0.350 e. The van der Waals surface area contributed by atoms with Gasteiger partial charge in [-0.2, -0.15) is 0 Å². The Morgan fingerprint density at radius 1 is 1.27 bits per heavy atom. The second kappa shape index (κ2) is 5.14. The summed E-state index contributed by atoms with van der Waals surface area (Å²) in [6, 6.07) is 6.82. The Morgan fingerprint density at radius 3 is 2.33 bits per heavy atom. The van der Waals surface area contributed by atoms with Gasteiger partial charge in [-0.3, -0.25) is 9.59 Å². The maximum atomic E-state index is 11.5. The summed E-state index contributed by atoms with van der Waals surface area (Å²) < 4.78 is 0. The summed E-state index contributed by atoms with van der Waals surface area (Å²) in [5.41, 5.74) is 1.26. The fraction of sp³-hybridized carbons (Fsp3) is 0.273. The van der Waals surface area contributed by atoms with E-state index >= 15 is 0 Å². The van der Waals surface area contributed by atoms with Crippen LogP contribution in [-0.2, 0) is 4.79 Å². The molecule has 0 bridgehead atoms. The number of nitrogens with one attached hydrogen (secondary N) is 2. The number of carbonyl (C=O) groups excluding carboxylic acids is 2. The first kappa shape index (κ1) is 11.2. The number of carbonyl (C=O) groups is 2. The van der Waals surface area contributed by atoms with Crippen LogP contribution in [0.2, 0.25) is 0 Å². The van der Waals surface area contributed by atoms with E-state index in [1.54, 1.807) is 24.3 Å². The summed E-state index contributed by atoms with van der Waals surface area (Å²) >= 11 is 0. The first-order valence-electron chi connectivity index (χ1n) is 4.74. The van der Waals surface area contributed by atoms with Gasteiger partial charge in [-0.1, -0.05) is 0 Å². The van der Waals surface area contributed by atoms with Crippen LogP contribution >= 0.6 is 0 Å². The summed E-state index contributed by atoms with van der Waals surface area (Å²) in [4.78, 5) is 21.7. The molecule has 4 heteroatoms. The van der Waals surface area contributed by atoms with E-state index in [0.717, 1.165) is 0 Å². The molecule has 0 unspecified atom stereocenters. The van der Waals surface area contributed by atoms with Crippen molar-refractivity contribution < 1.29 is 9.59 Å². The standard InChI is InChI=1S/C11H14N2O2/c1-8(2)13-11(15)9-3-5-10(6-4-9)12-7-14/h3-8H,1-2H3,(H,12,14)(H,13,15). The van der Waals surface area contributed by atoms with E-state index < -0.39 is 0 Å². The molecule has 4 nitrogen and oxygen atoms in total. The zero-order valence-electron chi connectivity index (χ0n) is 8.78. The second-order valence-corrected chi connectivity index (χ2v) is 3.47. The van der Waals surface area contributed by atoms with Crippen molar-refractivity contribution >= 4 is 18.0 Å². The molecule has 0 aromatic heterocycles. The van der Waals surface area contributed by atoms with Crippen LogP contribution in [0.25, 0.3) is 0 Å². The third-order valence-electron chi connectivity index (χ3n) is 1.79. The van der Waals surface area contributed by atoms with E-state index in [-0.39, 0.29) is 11.9 Å². The molecule has 1 aromatic rings. The summed E-state index contributed by atoms with van der Waals surface area (Å²) in [5, 5.41) is 5.28. The van der Waals surface area contributed by atoms with Gasteiger partial charge in [-0.05, 0) is 38.1 Å². The van der Waals surface area contributed by atoms with E-state index in [2.05, 4.69) is 10.6 Å². The van der Waals surface area contributed by atoms with Gasteiger partial charge < -0.3 is 10.6 Å². The van der Waals surface area contributed by atoms with Crippen LogP contribution in [0.4, 0.5) is 5.69 Å². The van der Waals surface area contributed by atoms with Crippen LogP contribution in [0.15, 0.2) is 24.3 Å². The quantitative estimate of drug-likeness (QED) is 0.731. The van der Waals surface area contributed by atoms with Gasteiger partial charge in [0.05, 0.1) is 0 Å². The average molecular weight is 206 g/mol. The van der Waals surface area contributed by atoms with Crippen molar-refractivity contribution in [2.45, 2.75) is 19.9 Å². The SMILES string of the molecule is CC(C)NC(=O)c1ccc(NC=O)cc1. The van der Waals surface area contributed by atoms with Gasteiger partial charge >= 0.3 is 0 Å². The van der Waals surface area contributed by atoms with E-state index in [9.17, 15) is 9.59 Å². The summed E-state index contributed by atoms with van der Waals surface area (Å²) in [6.07, 6.45) is 0.600. The van der Waals surface area contributed by atoms with E-state index in [1.165, 1.54) is 0 Å². The zero-order valence-corrected chi connectivity index (χ0v) is 8.78. The molecule has 0 atom stereocenters. The lowest BCUT2D eigenvalue weighted by atomic mass is 10.2. The number of benzene rings is 1. The van der Waals surface area contributed by atoms with Crippen LogP contribution < -0.4 is 10.6 Å². The fourth-order valence-corrected chi connectivity index (χ4v) is 1.13. The fourth-order valence-electron chi connectivity index (χ4n) is 1.13. The molecule has 0 saturated heterocycles. The average Bonchev–Trinajstić information content (AvgIpc) is 2.18. The molecular formula is C11H14N2O2. The number of hydrogen-bond donors (Lipinski definition) is 2. The summed E-state index contributed by atoms with van der Waals surface area (Å²) in [7, 11) is 0. The minimum absolute atomic E-state index is 0.109. The van der Waals surface area contributed by atoms with Crippen LogP contribution in [0, 0.1) is 0 Å². The number of anilines is 1. The second-order valence-electron chi connectivity index (χ2n) is 3.47. The lowest BCUT2D eigenvalue weighted by molar-refractivity contribution is -0.105. The smallest absolute Gasteiger partial charge is 0.251 e. The Morgan fingerprint density at radius 2 is 1.87 bits per heavy atom. The minimum atomic E-state index is -0.109. The first-order valence-corrected chi connectivity index (χ1v) is 4.74. The predicted octanol–water partition coefficient (Wildman–Crippen LogP) is 1.39. The molecular weight excluding hydrogens is 192 g/mol. The normalized spacial score (nSPS) is 9.80. The zero-order chi connectivity index (χ0) is 11.3. The Kier molecular flexibility index (Phi) is 3.85. The Bertz CT molecular complexity index is 344. The van der Waals surface area contributed by atoms with Gasteiger partial charge in [0, 0.05) is 17.3 Å². The van der Waals surface area contributed by atoms with Crippen molar-refractivity contribution in [2.24, 2.45) is 0 Å². The van der Waals surface area contributed by atoms with Gasteiger partial charge in [0.15, 0.2) is 0 Å². The molecule has 15 heavy (non-hydrogen) atoms. The van der Waals surface area contributed by atoms with Crippen LogP contribution in [-0.4, -0.2) is 18.4 Å². The Balaban J connectivity index is 2.70. The topological polar surface area (TPSA) is 58.2 Å². The molecule has 2 N–H and O–H groups in total. The molecule has 0 aliphatic heterocycles. The van der Waals surface area contributed by atoms with Crippen molar-refractivity contribution in [2.75, 3.05) is 5.32 Å². The van der Waals surface area contributed by atoms with Gasteiger partial charge in [0.2, 0.25) is 6.41 Å². The van der Waals surface area contributed by atoms with E-state index in [0.29, 0.717) is 17.7 Å². The molecule has 2 amide bonds. The number of hydrogen-bond acceptors (Lipinski definition) is 2. The maximum Gasteiger partial charge on any atom is 0.251 e. The highest BCUT2D eigenvalue weighted by atomic mass is 16.1. The molecule has 0 aliphatic carbocycles. The van der Waals surface area contributed by atoms with Crippen LogP contribution in [0.1, 0.15) is 24.2 Å². The summed E-state index contributed by atoms with van der Waals surface area (Å²) in [6.45, 7) is 3.81. The number of amides is 2. The Labute approximate surface area is 88.7 Å². The molecule has 0 radical (unpaired) electrons. The lowest BCUT2D eigenvalue weighted by Crippen LogP contribution is -2.29. The van der Waals surface area contributed by atoms with Gasteiger partial charge in [0.25, 0.3) is 5.91 Å². The van der Waals surface area contributed by atoms with Crippen molar-refractivity contribution in [3.63, 3.8) is 0 Å². The molecule has 80 valence electrons. The highest BCUT2D eigenvalue weighted by Crippen LogP contribution is 2.08. The van der Waals surface area contributed by atoms with Gasteiger partial charge in [0.1, 0.15) is 0 Å². The molecule has 1 aromatic carbocycles. The maximum absolute atomic E-state index is 11.5. The van der Waals surface area contributed by atoms with Crippen molar-refractivity contribution in [3.05, 3.63) is 29.8 Å². The highest BCUT2D eigenvalue weighted by Gasteiger charge is 2.05. The van der Waals surface area contributed by atoms with Crippen molar-refractivity contribution in [1.82, 2.24) is 5.32 Å². The predicted molar refractivity (Wildman–Crippen MR) is 58.7 cm³/mol. The van der Waals surface area contributed by atoms with Gasteiger partial charge in [-0.25, -0.2) is 0 Å². The van der Waals surface area contributed by atoms with Crippen LogP contribution in [0.5, 0.6) is 0 Å². The van der Waals surface area contributed by atoms with Crippen LogP contribution in [0.3, 0.4) is 0 Å². The Hall–Kier alpha value is -1.84. The highest BCUT2D eigenvalue weighted by molar-refractivity contribution is 5.94. The van der Waals surface area contributed by atoms with Gasteiger partial charge in [-0.15, -0.1) is 0 Å².